The van der Waals surface area contributed by atoms with Crippen molar-refractivity contribution < 1.29 is 9.13 Å². The molecule has 0 atom stereocenters. The fraction of sp³-hybridized carbons (Fsp3) is 0.0714. The zero-order valence-corrected chi connectivity index (χ0v) is 13.2. The van der Waals surface area contributed by atoms with Gasteiger partial charge >= 0.3 is 0 Å². The molecule has 0 aromatic heterocycles. The van der Waals surface area contributed by atoms with Gasteiger partial charge < -0.3 is 15.4 Å². The van der Waals surface area contributed by atoms with Gasteiger partial charge in [-0.25, -0.2) is 4.39 Å². The fourth-order valence-corrected chi connectivity index (χ4v) is 2.29. The number of benzene rings is 2. The number of methoxy groups -OCH3 is 1. The van der Waals surface area contributed by atoms with Gasteiger partial charge in [0.05, 0.1) is 17.2 Å². The van der Waals surface area contributed by atoms with Gasteiger partial charge in [-0.05, 0) is 48.6 Å². The van der Waals surface area contributed by atoms with Crippen LogP contribution in [0.15, 0.2) is 36.4 Å². The summed E-state index contributed by atoms with van der Waals surface area (Å²) < 4.78 is 18.1. The molecule has 3 nitrogen and oxygen atoms in total. The third-order valence-electron chi connectivity index (χ3n) is 2.59. The van der Waals surface area contributed by atoms with E-state index in [1.807, 2.05) is 0 Å². The first-order chi connectivity index (χ1) is 9.99. The quantitative estimate of drug-likeness (QED) is 0.771. The first-order valence-electron chi connectivity index (χ1n) is 5.86. The van der Waals surface area contributed by atoms with E-state index >= 15 is 0 Å². The Morgan fingerprint density at radius 3 is 2.14 bits per heavy atom. The highest BCUT2D eigenvalue weighted by atomic mass is 35.5. The molecule has 0 aliphatic rings. The van der Waals surface area contributed by atoms with Gasteiger partial charge in [-0.1, -0.05) is 23.2 Å². The molecule has 0 saturated heterocycles. The van der Waals surface area contributed by atoms with Crippen molar-refractivity contribution >= 4 is 51.9 Å². The van der Waals surface area contributed by atoms with Crippen molar-refractivity contribution in [3.63, 3.8) is 0 Å². The molecule has 0 bridgehead atoms. The van der Waals surface area contributed by atoms with E-state index in [1.54, 1.807) is 25.3 Å². The van der Waals surface area contributed by atoms with Gasteiger partial charge in [0.1, 0.15) is 11.6 Å². The second-order valence-electron chi connectivity index (χ2n) is 4.06. The number of anilines is 2. The lowest BCUT2D eigenvalue weighted by Gasteiger charge is -2.12. The van der Waals surface area contributed by atoms with E-state index < -0.39 is 5.82 Å². The summed E-state index contributed by atoms with van der Waals surface area (Å²) in [6.07, 6.45) is 0. The normalized spacial score (nSPS) is 10.1. The van der Waals surface area contributed by atoms with Crippen molar-refractivity contribution in [1.29, 1.82) is 0 Å². The van der Waals surface area contributed by atoms with Crippen LogP contribution in [0.1, 0.15) is 0 Å². The number of rotatable bonds is 3. The van der Waals surface area contributed by atoms with Crippen LogP contribution in [0.25, 0.3) is 0 Å². The number of nitrogens with one attached hydrogen (secondary N) is 2. The minimum Gasteiger partial charge on any atom is -0.495 e. The van der Waals surface area contributed by atoms with E-state index in [0.29, 0.717) is 27.3 Å². The number of thiocarbonyl (C=S) groups is 1. The second kappa shape index (κ2) is 6.93. The van der Waals surface area contributed by atoms with Crippen LogP contribution in [0, 0.1) is 5.82 Å². The van der Waals surface area contributed by atoms with Crippen LogP contribution < -0.4 is 15.4 Å². The smallest absolute Gasteiger partial charge is 0.175 e. The predicted octanol–water partition coefficient (Wildman–Crippen LogP) is 4.95. The molecule has 0 radical (unpaired) electrons. The summed E-state index contributed by atoms with van der Waals surface area (Å²) in [5, 5.41) is 6.68. The SMILES string of the molecule is COc1ccc(NC(=S)Nc2ccc(F)c(Cl)c2)cc1Cl. The molecular weight excluding hydrogens is 334 g/mol. The van der Waals surface area contributed by atoms with Crippen molar-refractivity contribution in [3.05, 3.63) is 52.3 Å². The molecule has 2 aromatic carbocycles. The third-order valence-corrected chi connectivity index (χ3v) is 3.38. The number of hydrogen-bond acceptors (Lipinski definition) is 2. The van der Waals surface area contributed by atoms with Crippen molar-refractivity contribution in [2.75, 3.05) is 17.7 Å². The molecule has 21 heavy (non-hydrogen) atoms. The van der Waals surface area contributed by atoms with Gasteiger partial charge in [-0.3, -0.25) is 0 Å². The Bertz CT molecular complexity index is 682. The van der Waals surface area contributed by atoms with E-state index in [1.165, 1.54) is 18.2 Å². The second-order valence-corrected chi connectivity index (χ2v) is 5.28. The molecule has 0 heterocycles. The molecule has 0 aliphatic carbocycles. The maximum absolute atomic E-state index is 13.1. The Morgan fingerprint density at radius 1 is 1.05 bits per heavy atom. The van der Waals surface area contributed by atoms with Crippen LogP contribution in [-0.4, -0.2) is 12.2 Å². The monoisotopic (exact) mass is 344 g/mol. The van der Waals surface area contributed by atoms with Gasteiger partial charge in [-0.2, -0.15) is 0 Å². The van der Waals surface area contributed by atoms with E-state index in [0.717, 1.165) is 0 Å². The average molecular weight is 345 g/mol. The van der Waals surface area contributed by atoms with Crippen molar-refractivity contribution in [3.8, 4) is 5.75 Å². The van der Waals surface area contributed by atoms with Crippen molar-refractivity contribution in [2.45, 2.75) is 0 Å². The Hall–Kier alpha value is -1.56. The highest BCUT2D eigenvalue weighted by molar-refractivity contribution is 7.80. The third kappa shape index (κ3) is 4.20. The van der Waals surface area contributed by atoms with E-state index in [2.05, 4.69) is 10.6 Å². The molecule has 2 N–H and O–H groups in total. The molecule has 0 saturated carbocycles. The van der Waals surface area contributed by atoms with Gasteiger partial charge in [0.2, 0.25) is 0 Å². The molecule has 7 heteroatoms. The van der Waals surface area contributed by atoms with E-state index in [-0.39, 0.29) is 5.02 Å². The molecule has 0 fully saturated rings. The highest BCUT2D eigenvalue weighted by Crippen LogP contribution is 2.27. The summed E-state index contributed by atoms with van der Waals surface area (Å²) >= 11 is 16.9. The van der Waals surface area contributed by atoms with Crippen molar-refractivity contribution in [1.82, 2.24) is 0 Å². The summed E-state index contributed by atoms with van der Waals surface area (Å²) in [5.41, 5.74) is 1.28. The highest BCUT2D eigenvalue weighted by Gasteiger charge is 2.05. The lowest BCUT2D eigenvalue weighted by Crippen LogP contribution is -2.19. The Balaban J connectivity index is 2.04. The molecule has 0 aliphatic heterocycles. The lowest BCUT2D eigenvalue weighted by molar-refractivity contribution is 0.415. The average Bonchev–Trinajstić information content (AvgIpc) is 2.43. The predicted molar refractivity (Wildman–Crippen MR) is 89.3 cm³/mol. The van der Waals surface area contributed by atoms with Crippen LogP contribution in [-0.2, 0) is 0 Å². The number of halogens is 3. The summed E-state index contributed by atoms with van der Waals surface area (Å²) in [7, 11) is 1.54. The topological polar surface area (TPSA) is 33.3 Å². The first-order valence-corrected chi connectivity index (χ1v) is 7.02. The van der Waals surface area contributed by atoms with Gasteiger partial charge in [0.25, 0.3) is 0 Å². The van der Waals surface area contributed by atoms with Crippen molar-refractivity contribution in [2.24, 2.45) is 0 Å². The molecule has 0 spiro atoms. The Kier molecular flexibility index (Phi) is 5.22. The van der Waals surface area contributed by atoms with Crippen LogP contribution in [0.3, 0.4) is 0 Å². The summed E-state index contributed by atoms with van der Waals surface area (Å²) in [6, 6.07) is 9.43. The molecule has 110 valence electrons. The van der Waals surface area contributed by atoms with Crippen LogP contribution >= 0.6 is 35.4 Å². The number of ether oxygens (including phenoxy) is 1. The van der Waals surface area contributed by atoms with Gasteiger partial charge in [0.15, 0.2) is 5.11 Å². The molecule has 2 aromatic rings. The summed E-state index contributed by atoms with van der Waals surface area (Å²) in [6.45, 7) is 0. The number of hydrogen-bond donors (Lipinski definition) is 2. The summed E-state index contributed by atoms with van der Waals surface area (Å²) in [5.74, 6) is 0.0921. The van der Waals surface area contributed by atoms with Crippen LogP contribution in [0.5, 0.6) is 5.75 Å². The maximum Gasteiger partial charge on any atom is 0.175 e. The zero-order valence-electron chi connectivity index (χ0n) is 10.9. The molecule has 0 amide bonds. The standard InChI is InChI=1S/C14H11Cl2FN2OS/c1-20-13-5-3-9(7-11(13)16)19-14(21)18-8-2-4-12(17)10(15)6-8/h2-7H,1H3,(H2,18,19,21). The largest absolute Gasteiger partial charge is 0.495 e. The van der Waals surface area contributed by atoms with Crippen LogP contribution in [0.2, 0.25) is 10.0 Å². The lowest BCUT2D eigenvalue weighted by atomic mass is 10.3. The first kappa shape index (κ1) is 15.8. The Morgan fingerprint density at radius 2 is 1.62 bits per heavy atom. The maximum atomic E-state index is 13.1. The minimum atomic E-state index is -0.483. The molecule has 0 unspecified atom stereocenters. The van der Waals surface area contributed by atoms with Gasteiger partial charge in [0, 0.05) is 11.4 Å². The fourth-order valence-electron chi connectivity index (χ4n) is 1.61. The Labute approximate surface area is 137 Å². The van der Waals surface area contributed by atoms with Crippen LogP contribution in [0.4, 0.5) is 15.8 Å². The molecule has 2 rings (SSSR count). The van der Waals surface area contributed by atoms with E-state index in [4.69, 9.17) is 40.2 Å². The minimum absolute atomic E-state index is 0.0234. The summed E-state index contributed by atoms with van der Waals surface area (Å²) in [4.78, 5) is 0. The molecular formula is C14H11Cl2FN2OS. The van der Waals surface area contributed by atoms with Gasteiger partial charge in [-0.15, -0.1) is 0 Å². The van der Waals surface area contributed by atoms with E-state index in [9.17, 15) is 4.39 Å². The zero-order chi connectivity index (χ0) is 15.4.